The minimum atomic E-state index is -0.375. The third-order valence-corrected chi connectivity index (χ3v) is 4.06. The normalized spacial score (nSPS) is 10.4. The monoisotopic (exact) mass is 411 g/mol. The number of carbonyl (C=O) groups excluding carboxylic acids is 3. The summed E-state index contributed by atoms with van der Waals surface area (Å²) in [4.78, 5) is 35.7. The summed E-state index contributed by atoms with van der Waals surface area (Å²) in [7, 11) is 0. The van der Waals surface area contributed by atoms with E-state index in [9.17, 15) is 14.4 Å². The smallest absolute Gasteiger partial charge is 0.338 e. The Balaban J connectivity index is 1.79. The van der Waals surface area contributed by atoms with Crippen LogP contribution in [0.5, 0.6) is 0 Å². The van der Waals surface area contributed by atoms with E-state index in [-0.39, 0.29) is 24.3 Å². The van der Waals surface area contributed by atoms with Gasteiger partial charge in [-0.2, -0.15) is 0 Å². The Morgan fingerprint density at radius 3 is 1.93 bits per heavy atom. The summed E-state index contributed by atoms with van der Waals surface area (Å²) in [6.07, 6.45) is 1.24. The first kappa shape index (κ1) is 22.9. The second kappa shape index (κ2) is 11.6. The highest BCUT2D eigenvalue weighted by Crippen LogP contribution is 2.15. The number of amides is 2. The summed E-state index contributed by atoms with van der Waals surface area (Å²) in [5, 5.41) is 8.64. The van der Waals surface area contributed by atoms with E-state index in [1.807, 2.05) is 20.8 Å². The Labute approximate surface area is 177 Å². The number of benzene rings is 2. The minimum Gasteiger partial charge on any atom is -0.462 e. The molecule has 0 unspecified atom stereocenters. The highest BCUT2D eigenvalue weighted by atomic mass is 16.5. The predicted molar refractivity (Wildman–Crippen MR) is 119 cm³/mol. The van der Waals surface area contributed by atoms with Crippen molar-refractivity contribution in [1.82, 2.24) is 0 Å². The van der Waals surface area contributed by atoms with Crippen LogP contribution in [0, 0.1) is 5.92 Å². The first-order valence-electron chi connectivity index (χ1n) is 10.1. The van der Waals surface area contributed by atoms with Gasteiger partial charge in [-0.15, -0.1) is 0 Å². The van der Waals surface area contributed by atoms with E-state index in [1.165, 1.54) is 0 Å². The lowest BCUT2D eigenvalue weighted by atomic mass is 10.1. The Bertz CT molecular complexity index is 846. The van der Waals surface area contributed by atoms with E-state index >= 15 is 0 Å². The lowest BCUT2D eigenvalue weighted by molar-refractivity contribution is -0.117. The Morgan fingerprint density at radius 2 is 1.37 bits per heavy atom. The van der Waals surface area contributed by atoms with Crippen LogP contribution < -0.4 is 16.0 Å². The standard InChI is InChI=1S/C23H29N3O4/c1-4-13-30-23(29)17-5-7-19(8-6-17)26-22(28)15-24-18-9-11-20(12-10-18)25-21(27)14-16(2)3/h5-12,16,24H,4,13-15H2,1-3H3,(H,25,27)(H,26,28). The maximum absolute atomic E-state index is 12.1. The number of hydrogen-bond acceptors (Lipinski definition) is 5. The summed E-state index contributed by atoms with van der Waals surface area (Å²) in [5.74, 6) is -0.309. The highest BCUT2D eigenvalue weighted by molar-refractivity contribution is 5.95. The summed E-state index contributed by atoms with van der Waals surface area (Å²) >= 11 is 0. The van der Waals surface area contributed by atoms with Gasteiger partial charge in [-0.25, -0.2) is 4.79 Å². The maximum atomic E-state index is 12.1. The first-order valence-corrected chi connectivity index (χ1v) is 10.1. The van der Waals surface area contributed by atoms with Crippen LogP contribution >= 0.6 is 0 Å². The van der Waals surface area contributed by atoms with Crippen LogP contribution in [-0.4, -0.2) is 30.9 Å². The topological polar surface area (TPSA) is 96.5 Å². The van der Waals surface area contributed by atoms with Crippen molar-refractivity contribution in [2.24, 2.45) is 5.92 Å². The Morgan fingerprint density at radius 1 is 0.833 bits per heavy atom. The van der Waals surface area contributed by atoms with E-state index < -0.39 is 0 Å². The zero-order valence-corrected chi connectivity index (χ0v) is 17.7. The van der Waals surface area contributed by atoms with Gasteiger partial charge in [-0.1, -0.05) is 20.8 Å². The quantitative estimate of drug-likeness (QED) is 0.507. The molecule has 0 saturated carbocycles. The molecule has 3 N–H and O–H groups in total. The van der Waals surface area contributed by atoms with Gasteiger partial charge in [0.15, 0.2) is 0 Å². The van der Waals surface area contributed by atoms with Crippen molar-refractivity contribution < 1.29 is 19.1 Å². The first-order chi connectivity index (χ1) is 14.4. The molecule has 0 heterocycles. The van der Waals surface area contributed by atoms with Crippen molar-refractivity contribution >= 4 is 34.8 Å². The average Bonchev–Trinajstić information content (AvgIpc) is 2.71. The zero-order valence-electron chi connectivity index (χ0n) is 17.7. The summed E-state index contributed by atoms with van der Waals surface area (Å²) < 4.78 is 5.07. The van der Waals surface area contributed by atoms with Gasteiger partial charge >= 0.3 is 5.97 Å². The Kier molecular flexibility index (Phi) is 8.87. The molecule has 0 fully saturated rings. The molecule has 30 heavy (non-hydrogen) atoms. The maximum Gasteiger partial charge on any atom is 0.338 e. The van der Waals surface area contributed by atoms with Gasteiger partial charge in [0.1, 0.15) is 0 Å². The van der Waals surface area contributed by atoms with Crippen LogP contribution in [0.2, 0.25) is 0 Å². The molecule has 2 aromatic carbocycles. The van der Waals surface area contributed by atoms with Crippen molar-refractivity contribution in [3.63, 3.8) is 0 Å². The molecule has 2 aromatic rings. The lowest BCUT2D eigenvalue weighted by Crippen LogP contribution is -2.21. The molecule has 0 aliphatic heterocycles. The van der Waals surface area contributed by atoms with Crippen LogP contribution in [-0.2, 0) is 14.3 Å². The van der Waals surface area contributed by atoms with Crippen molar-refractivity contribution in [3.05, 3.63) is 54.1 Å². The molecular weight excluding hydrogens is 382 g/mol. The molecule has 2 rings (SSSR count). The molecule has 7 nitrogen and oxygen atoms in total. The van der Waals surface area contributed by atoms with Crippen molar-refractivity contribution in [1.29, 1.82) is 0 Å². The van der Waals surface area contributed by atoms with Gasteiger partial charge in [0.25, 0.3) is 0 Å². The molecule has 2 amide bonds. The van der Waals surface area contributed by atoms with Crippen molar-refractivity contribution in [2.45, 2.75) is 33.6 Å². The molecule has 0 atom stereocenters. The van der Waals surface area contributed by atoms with E-state index in [0.29, 0.717) is 35.9 Å². The van der Waals surface area contributed by atoms with Gasteiger partial charge in [0.2, 0.25) is 11.8 Å². The third kappa shape index (κ3) is 7.95. The predicted octanol–water partition coefficient (Wildman–Crippen LogP) is 4.29. The zero-order chi connectivity index (χ0) is 21.9. The number of anilines is 3. The number of esters is 1. The SMILES string of the molecule is CCCOC(=O)c1ccc(NC(=O)CNc2ccc(NC(=O)CC(C)C)cc2)cc1. The van der Waals surface area contributed by atoms with Crippen molar-refractivity contribution in [2.75, 3.05) is 29.1 Å². The molecule has 0 aliphatic rings. The van der Waals surface area contributed by atoms with Gasteiger partial charge in [0.05, 0.1) is 18.7 Å². The molecular formula is C23H29N3O4. The van der Waals surface area contributed by atoms with Gasteiger partial charge < -0.3 is 20.7 Å². The number of hydrogen-bond donors (Lipinski definition) is 3. The van der Waals surface area contributed by atoms with Crippen molar-refractivity contribution in [3.8, 4) is 0 Å². The highest BCUT2D eigenvalue weighted by Gasteiger charge is 2.08. The molecule has 0 bridgehead atoms. The molecule has 0 aromatic heterocycles. The fraction of sp³-hybridized carbons (Fsp3) is 0.348. The molecule has 0 radical (unpaired) electrons. The molecule has 0 spiro atoms. The number of rotatable bonds is 10. The third-order valence-electron chi connectivity index (χ3n) is 4.06. The van der Waals surface area contributed by atoms with E-state index in [2.05, 4.69) is 16.0 Å². The fourth-order valence-corrected chi connectivity index (χ4v) is 2.61. The van der Waals surface area contributed by atoms with Gasteiger partial charge in [0, 0.05) is 23.5 Å². The molecule has 0 aliphatic carbocycles. The minimum absolute atomic E-state index is 0.0188. The van der Waals surface area contributed by atoms with Gasteiger partial charge in [-0.3, -0.25) is 9.59 Å². The largest absolute Gasteiger partial charge is 0.462 e. The van der Waals surface area contributed by atoms with Crippen LogP contribution in [0.15, 0.2) is 48.5 Å². The summed E-state index contributed by atoms with van der Waals surface area (Å²) in [6, 6.07) is 13.7. The van der Waals surface area contributed by atoms with Gasteiger partial charge in [-0.05, 0) is 60.9 Å². The van der Waals surface area contributed by atoms with E-state index in [0.717, 1.165) is 12.1 Å². The number of carbonyl (C=O) groups is 3. The summed E-state index contributed by atoms with van der Waals surface area (Å²) in [6.45, 7) is 6.38. The molecule has 7 heteroatoms. The lowest BCUT2D eigenvalue weighted by Gasteiger charge is -2.10. The van der Waals surface area contributed by atoms with Crippen LogP contribution in [0.25, 0.3) is 0 Å². The van der Waals surface area contributed by atoms with Crippen LogP contribution in [0.1, 0.15) is 44.0 Å². The van der Waals surface area contributed by atoms with E-state index in [1.54, 1.807) is 48.5 Å². The second-order valence-corrected chi connectivity index (χ2v) is 7.34. The van der Waals surface area contributed by atoms with E-state index in [4.69, 9.17) is 4.74 Å². The van der Waals surface area contributed by atoms with Crippen LogP contribution in [0.4, 0.5) is 17.1 Å². The Hall–Kier alpha value is -3.35. The fourth-order valence-electron chi connectivity index (χ4n) is 2.61. The summed E-state index contributed by atoms with van der Waals surface area (Å²) in [5.41, 5.74) is 2.52. The molecule has 0 saturated heterocycles. The van der Waals surface area contributed by atoms with Crippen LogP contribution in [0.3, 0.4) is 0 Å². The number of nitrogens with one attached hydrogen (secondary N) is 3. The molecule has 160 valence electrons. The average molecular weight is 412 g/mol. The number of ether oxygens (including phenoxy) is 1. The second-order valence-electron chi connectivity index (χ2n) is 7.34.